The van der Waals surface area contributed by atoms with Gasteiger partial charge < -0.3 is 4.74 Å². The van der Waals surface area contributed by atoms with Gasteiger partial charge in [-0.2, -0.15) is 5.10 Å². The number of aryl methyl sites for hydroxylation is 1. The normalized spacial score (nSPS) is 20.6. The largest absolute Gasteiger partial charge is 0.373 e. The average Bonchev–Trinajstić information content (AvgIpc) is 2.80. The van der Waals surface area contributed by atoms with Gasteiger partial charge in [-0.15, -0.1) is 0 Å². The van der Waals surface area contributed by atoms with Crippen molar-refractivity contribution in [3.05, 3.63) is 18.0 Å². The van der Waals surface area contributed by atoms with Gasteiger partial charge in [0.05, 0.1) is 17.8 Å². The summed E-state index contributed by atoms with van der Waals surface area (Å²) >= 11 is 0. The zero-order chi connectivity index (χ0) is 14.4. The molecule has 0 radical (unpaired) electrons. The van der Waals surface area contributed by atoms with E-state index < -0.39 is 0 Å². The molecule has 0 amide bonds. The number of hydrazine groups is 1. The number of aromatic nitrogens is 2. The van der Waals surface area contributed by atoms with Crippen LogP contribution in [0.5, 0.6) is 0 Å². The van der Waals surface area contributed by atoms with Crippen molar-refractivity contribution in [1.82, 2.24) is 15.2 Å². The number of nitrogens with two attached hydrogens (primary N) is 1. The highest BCUT2D eigenvalue weighted by atomic mass is 16.5. The zero-order valence-electron chi connectivity index (χ0n) is 12.8. The first kappa shape index (κ1) is 15.5. The molecule has 1 aromatic heterocycles. The van der Waals surface area contributed by atoms with Gasteiger partial charge >= 0.3 is 0 Å². The van der Waals surface area contributed by atoms with Crippen LogP contribution in [0.4, 0.5) is 0 Å². The second-order valence-electron chi connectivity index (χ2n) is 5.64. The lowest BCUT2D eigenvalue weighted by atomic mass is 9.83. The summed E-state index contributed by atoms with van der Waals surface area (Å²) in [6, 6.07) is 0.0147. The summed E-state index contributed by atoms with van der Waals surface area (Å²) < 4.78 is 8.16. The van der Waals surface area contributed by atoms with Crippen molar-refractivity contribution in [3.8, 4) is 0 Å². The molecular weight excluding hydrogens is 252 g/mol. The lowest BCUT2D eigenvalue weighted by molar-refractivity contribution is -0.0783. The SMILES string of the molecule is CCOC1(C(NN)c2cnn(CC)c2)CCCCCC1. The minimum Gasteiger partial charge on any atom is -0.373 e. The third kappa shape index (κ3) is 3.22. The standard InChI is InChI=1S/C15H28N4O/c1-3-19-12-13(11-17-19)14(18-16)15(20-4-2)9-7-5-6-8-10-15/h11-12,14,18H,3-10,16H2,1-2H3. The first-order chi connectivity index (χ1) is 9.75. The highest BCUT2D eigenvalue weighted by Gasteiger charge is 2.40. The smallest absolute Gasteiger partial charge is 0.0890 e. The highest BCUT2D eigenvalue weighted by Crippen LogP contribution is 2.40. The van der Waals surface area contributed by atoms with Gasteiger partial charge in [-0.05, 0) is 26.7 Å². The number of rotatable bonds is 6. The molecular formula is C15H28N4O. The fraction of sp³-hybridized carbons (Fsp3) is 0.800. The third-order valence-electron chi connectivity index (χ3n) is 4.39. The molecule has 0 aromatic carbocycles. The molecule has 1 aromatic rings. The van der Waals surface area contributed by atoms with Crippen LogP contribution in [0.25, 0.3) is 0 Å². The van der Waals surface area contributed by atoms with Gasteiger partial charge in [-0.25, -0.2) is 5.43 Å². The van der Waals surface area contributed by atoms with Gasteiger partial charge in [0.25, 0.3) is 0 Å². The Bertz CT molecular complexity index is 396. The van der Waals surface area contributed by atoms with Gasteiger partial charge in [0.15, 0.2) is 0 Å². The maximum Gasteiger partial charge on any atom is 0.0890 e. The molecule has 2 rings (SSSR count). The molecule has 5 nitrogen and oxygen atoms in total. The van der Waals surface area contributed by atoms with Crippen molar-refractivity contribution in [1.29, 1.82) is 0 Å². The molecule has 0 aliphatic heterocycles. The fourth-order valence-electron chi connectivity index (χ4n) is 3.38. The lowest BCUT2D eigenvalue weighted by Crippen LogP contribution is -2.48. The van der Waals surface area contributed by atoms with Crippen LogP contribution in [0.3, 0.4) is 0 Å². The monoisotopic (exact) mass is 280 g/mol. The molecule has 1 heterocycles. The van der Waals surface area contributed by atoms with Crippen LogP contribution < -0.4 is 11.3 Å². The quantitative estimate of drug-likeness (QED) is 0.477. The van der Waals surface area contributed by atoms with Crippen LogP contribution in [0.15, 0.2) is 12.4 Å². The molecule has 1 aliphatic carbocycles. The Balaban J connectivity index is 2.27. The molecule has 0 spiro atoms. The summed E-state index contributed by atoms with van der Waals surface area (Å²) in [5, 5.41) is 4.38. The van der Waals surface area contributed by atoms with E-state index in [0.717, 1.165) is 31.6 Å². The maximum absolute atomic E-state index is 6.22. The van der Waals surface area contributed by atoms with Crippen LogP contribution in [0.2, 0.25) is 0 Å². The Hall–Kier alpha value is -0.910. The molecule has 114 valence electrons. The van der Waals surface area contributed by atoms with E-state index in [1.54, 1.807) is 0 Å². The van der Waals surface area contributed by atoms with Crippen LogP contribution in [0, 0.1) is 0 Å². The minimum atomic E-state index is -0.193. The van der Waals surface area contributed by atoms with Crippen molar-refractivity contribution in [3.63, 3.8) is 0 Å². The second kappa shape index (κ2) is 7.20. The molecule has 5 heteroatoms. The first-order valence-corrected chi connectivity index (χ1v) is 7.88. The minimum absolute atomic E-state index is 0.0147. The molecule has 3 N–H and O–H groups in total. The number of ether oxygens (including phenoxy) is 1. The van der Waals surface area contributed by atoms with Crippen molar-refractivity contribution < 1.29 is 4.74 Å². The number of hydrogen-bond acceptors (Lipinski definition) is 4. The van der Waals surface area contributed by atoms with Crippen molar-refractivity contribution in [2.24, 2.45) is 5.84 Å². The summed E-state index contributed by atoms with van der Waals surface area (Å²) in [5.74, 6) is 5.89. The summed E-state index contributed by atoms with van der Waals surface area (Å²) in [6.07, 6.45) is 11.1. The Labute approximate surface area is 121 Å². The van der Waals surface area contributed by atoms with E-state index in [2.05, 4.69) is 30.6 Å². The first-order valence-electron chi connectivity index (χ1n) is 7.88. The summed E-state index contributed by atoms with van der Waals surface area (Å²) in [4.78, 5) is 0. The third-order valence-corrected chi connectivity index (χ3v) is 4.39. The van der Waals surface area contributed by atoms with Gasteiger partial charge in [0.1, 0.15) is 0 Å². The zero-order valence-corrected chi connectivity index (χ0v) is 12.8. The summed E-state index contributed by atoms with van der Waals surface area (Å²) in [5.41, 5.74) is 3.94. The molecule has 0 bridgehead atoms. The molecule has 1 atom stereocenters. The van der Waals surface area contributed by atoms with Crippen LogP contribution >= 0.6 is 0 Å². The van der Waals surface area contributed by atoms with E-state index in [1.165, 1.54) is 25.7 Å². The van der Waals surface area contributed by atoms with E-state index in [0.29, 0.717) is 0 Å². The molecule has 1 aliphatic rings. The summed E-state index contributed by atoms with van der Waals surface area (Å²) in [7, 11) is 0. The maximum atomic E-state index is 6.22. The predicted molar refractivity (Wildman–Crippen MR) is 80.0 cm³/mol. The van der Waals surface area contributed by atoms with E-state index in [4.69, 9.17) is 10.6 Å². The van der Waals surface area contributed by atoms with Crippen molar-refractivity contribution in [2.45, 2.75) is 70.6 Å². The van der Waals surface area contributed by atoms with E-state index >= 15 is 0 Å². The highest BCUT2D eigenvalue weighted by molar-refractivity contribution is 5.16. The van der Waals surface area contributed by atoms with Crippen LogP contribution in [-0.2, 0) is 11.3 Å². The Kier molecular flexibility index (Phi) is 5.57. The molecule has 1 saturated carbocycles. The van der Waals surface area contributed by atoms with E-state index in [9.17, 15) is 0 Å². The van der Waals surface area contributed by atoms with Gasteiger partial charge in [-0.3, -0.25) is 10.5 Å². The number of nitrogens with one attached hydrogen (secondary N) is 1. The Morgan fingerprint density at radius 2 is 2.05 bits per heavy atom. The fourth-order valence-corrected chi connectivity index (χ4v) is 3.38. The molecule has 0 saturated heterocycles. The van der Waals surface area contributed by atoms with E-state index in [-0.39, 0.29) is 11.6 Å². The Morgan fingerprint density at radius 1 is 1.35 bits per heavy atom. The van der Waals surface area contributed by atoms with E-state index in [1.807, 2.05) is 10.9 Å². The topological polar surface area (TPSA) is 65.1 Å². The predicted octanol–water partition coefficient (Wildman–Crippen LogP) is 2.54. The average molecular weight is 280 g/mol. The van der Waals surface area contributed by atoms with Gasteiger partial charge in [0, 0.05) is 24.9 Å². The lowest BCUT2D eigenvalue weighted by Gasteiger charge is -2.39. The van der Waals surface area contributed by atoms with Crippen LogP contribution in [0.1, 0.15) is 64.0 Å². The van der Waals surface area contributed by atoms with Crippen molar-refractivity contribution >= 4 is 0 Å². The molecule has 1 fully saturated rings. The summed E-state index contributed by atoms with van der Waals surface area (Å²) in [6.45, 7) is 5.75. The second-order valence-corrected chi connectivity index (χ2v) is 5.64. The van der Waals surface area contributed by atoms with Gasteiger partial charge in [-0.1, -0.05) is 25.7 Å². The van der Waals surface area contributed by atoms with Crippen LogP contribution in [-0.4, -0.2) is 22.0 Å². The number of hydrogen-bond donors (Lipinski definition) is 2. The molecule has 20 heavy (non-hydrogen) atoms. The molecule has 1 unspecified atom stereocenters. The van der Waals surface area contributed by atoms with Crippen molar-refractivity contribution in [2.75, 3.05) is 6.61 Å². The Morgan fingerprint density at radius 3 is 2.55 bits per heavy atom. The number of nitrogens with zero attached hydrogens (tertiary/aromatic N) is 2. The van der Waals surface area contributed by atoms with Gasteiger partial charge in [0.2, 0.25) is 0 Å².